The normalized spacial score (nSPS) is 12.6. The topological polar surface area (TPSA) is 63.1 Å². The second-order valence-corrected chi connectivity index (χ2v) is 6.17. The summed E-state index contributed by atoms with van der Waals surface area (Å²) in [6.45, 7) is 0. The van der Waals surface area contributed by atoms with E-state index in [1.165, 1.54) is 0 Å². The summed E-state index contributed by atoms with van der Waals surface area (Å²) < 4.78 is 0. The number of nitrogens with zero attached hydrogens (tertiary/aromatic N) is 2. The molecule has 2 heterocycles. The van der Waals surface area contributed by atoms with Crippen LogP contribution in [0.2, 0.25) is 5.02 Å². The number of carbonyl (C=O) groups is 1. The third kappa shape index (κ3) is 1.61. The molecule has 1 aliphatic rings. The van der Waals surface area contributed by atoms with Crippen LogP contribution in [0.1, 0.15) is 16.1 Å². The summed E-state index contributed by atoms with van der Waals surface area (Å²) in [5.74, 6) is -0.167. The summed E-state index contributed by atoms with van der Waals surface area (Å²) in [5.41, 5.74) is 2.57. The van der Waals surface area contributed by atoms with Gasteiger partial charge in [0.2, 0.25) is 5.78 Å². The fraction of sp³-hybridized carbons (Fsp3) is 0. The van der Waals surface area contributed by atoms with Crippen molar-refractivity contribution >= 4 is 39.1 Å². The van der Waals surface area contributed by atoms with Crippen molar-refractivity contribution in [3.05, 3.63) is 64.9 Å². The smallest absolute Gasteiger partial charge is 0.212 e. The van der Waals surface area contributed by atoms with Crippen molar-refractivity contribution in [2.75, 3.05) is 0 Å². The fourth-order valence-electron chi connectivity index (χ4n) is 3.38. The van der Waals surface area contributed by atoms with Crippen molar-refractivity contribution in [3.63, 3.8) is 0 Å². The Balaban J connectivity index is 2.09. The van der Waals surface area contributed by atoms with E-state index in [4.69, 9.17) is 16.6 Å². The second kappa shape index (κ2) is 4.52. The lowest BCUT2D eigenvalue weighted by molar-refractivity contribution is 0.103. The number of halogens is 1. The standard InChI is InChI=1S/C19H9ClN2O2/c20-9-4-5-13-12(8-9)10-6-7-21-18-16(10)17(22-13)15-11(19(18)24)2-1-3-14(15)23/h1-8,23H. The van der Waals surface area contributed by atoms with Crippen molar-refractivity contribution in [3.8, 4) is 17.0 Å². The highest BCUT2D eigenvalue weighted by atomic mass is 35.5. The summed E-state index contributed by atoms with van der Waals surface area (Å²) in [6, 6.07) is 12.2. The predicted molar refractivity (Wildman–Crippen MR) is 92.6 cm³/mol. The molecular formula is C19H9ClN2O2. The Kier molecular flexibility index (Phi) is 2.54. The zero-order valence-electron chi connectivity index (χ0n) is 12.2. The zero-order valence-corrected chi connectivity index (χ0v) is 13.0. The number of ketones is 1. The van der Waals surface area contributed by atoms with E-state index in [2.05, 4.69) is 4.98 Å². The largest absolute Gasteiger partial charge is 0.507 e. The van der Waals surface area contributed by atoms with Crippen LogP contribution in [0.4, 0.5) is 0 Å². The number of phenols is 1. The first-order valence-electron chi connectivity index (χ1n) is 7.40. The maximum Gasteiger partial charge on any atom is 0.212 e. The quantitative estimate of drug-likeness (QED) is 0.428. The Hall–Kier alpha value is -2.98. The van der Waals surface area contributed by atoms with Crippen LogP contribution >= 0.6 is 11.6 Å². The average Bonchev–Trinajstić information content (AvgIpc) is 2.59. The lowest BCUT2D eigenvalue weighted by Crippen LogP contribution is -2.13. The van der Waals surface area contributed by atoms with Gasteiger partial charge in [-0.25, -0.2) is 4.98 Å². The van der Waals surface area contributed by atoms with Crippen molar-refractivity contribution in [2.45, 2.75) is 0 Å². The molecule has 0 unspecified atom stereocenters. The number of rotatable bonds is 0. The molecule has 0 saturated heterocycles. The van der Waals surface area contributed by atoms with E-state index in [1.54, 1.807) is 30.5 Å². The summed E-state index contributed by atoms with van der Waals surface area (Å²) in [6.07, 6.45) is 1.62. The van der Waals surface area contributed by atoms with E-state index in [9.17, 15) is 9.90 Å². The minimum absolute atomic E-state index is 0.0393. The molecule has 2 aromatic carbocycles. The lowest BCUT2D eigenvalue weighted by atomic mass is 9.87. The van der Waals surface area contributed by atoms with Gasteiger partial charge in [-0.2, -0.15) is 0 Å². The Morgan fingerprint density at radius 3 is 2.75 bits per heavy atom. The number of aromatic nitrogens is 2. The van der Waals surface area contributed by atoms with Gasteiger partial charge in [-0.3, -0.25) is 9.78 Å². The van der Waals surface area contributed by atoms with E-state index in [1.807, 2.05) is 18.2 Å². The summed E-state index contributed by atoms with van der Waals surface area (Å²) in [7, 11) is 0. The van der Waals surface area contributed by atoms with Gasteiger partial charge in [0.1, 0.15) is 11.4 Å². The monoisotopic (exact) mass is 332 g/mol. The highest BCUT2D eigenvalue weighted by Gasteiger charge is 2.30. The van der Waals surface area contributed by atoms with Gasteiger partial charge in [0, 0.05) is 27.6 Å². The molecule has 0 aliphatic heterocycles. The maximum absolute atomic E-state index is 12.8. The van der Waals surface area contributed by atoms with E-state index in [-0.39, 0.29) is 11.5 Å². The van der Waals surface area contributed by atoms with Crippen molar-refractivity contribution in [1.82, 2.24) is 9.97 Å². The number of fused-ring (bicyclic) bond motifs is 4. The second-order valence-electron chi connectivity index (χ2n) is 5.73. The van der Waals surface area contributed by atoms with Crippen LogP contribution in [0, 0.1) is 0 Å². The van der Waals surface area contributed by atoms with Crippen LogP contribution in [-0.4, -0.2) is 20.9 Å². The van der Waals surface area contributed by atoms with Gasteiger partial charge in [-0.1, -0.05) is 23.7 Å². The molecule has 1 aliphatic carbocycles. The van der Waals surface area contributed by atoms with Gasteiger partial charge < -0.3 is 5.11 Å². The Bertz CT molecular complexity index is 1200. The molecule has 0 bridgehead atoms. The molecule has 5 heteroatoms. The van der Waals surface area contributed by atoms with Crippen molar-refractivity contribution in [1.29, 1.82) is 0 Å². The molecule has 0 atom stereocenters. The maximum atomic E-state index is 12.8. The number of hydrogen-bond acceptors (Lipinski definition) is 4. The fourth-order valence-corrected chi connectivity index (χ4v) is 3.55. The number of benzene rings is 2. The predicted octanol–water partition coefficient (Wildman–Crippen LogP) is 4.35. The minimum atomic E-state index is -0.206. The highest BCUT2D eigenvalue weighted by Crippen LogP contribution is 2.43. The van der Waals surface area contributed by atoms with Gasteiger partial charge in [0.25, 0.3) is 0 Å². The Labute approximate surface area is 141 Å². The summed E-state index contributed by atoms with van der Waals surface area (Å²) in [4.78, 5) is 21.8. The molecular weight excluding hydrogens is 324 g/mol. The minimum Gasteiger partial charge on any atom is -0.507 e. The van der Waals surface area contributed by atoms with Crippen LogP contribution in [0.3, 0.4) is 0 Å². The van der Waals surface area contributed by atoms with Crippen LogP contribution < -0.4 is 0 Å². The molecule has 114 valence electrons. The first kappa shape index (κ1) is 13.5. The number of carbonyl (C=O) groups excluding carboxylic acids is 1. The van der Waals surface area contributed by atoms with Crippen LogP contribution in [0.5, 0.6) is 5.75 Å². The summed E-state index contributed by atoms with van der Waals surface area (Å²) >= 11 is 6.13. The number of pyridine rings is 2. The van der Waals surface area contributed by atoms with Crippen LogP contribution in [-0.2, 0) is 0 Å². The Morgan fingerprint density at radius 1 is 1.00 bits per heavy atom. The molecule has 2 aromatic heterocycles. The zero-order chi connectivity index (χ0) is 16.4. The Morgan fingerprint density at radius 2 is 1.88 bits per heavy atom. The molecule has 0 saturated carbocycles. The van der Waals surface area contributed by atoms with Gasteiger partial charge >= 0.3 is 0 Å². The molecule has 0 spiro atoms. The van der Waals surface area contributed by atoms with Gasteiger partial charge in [0.15, 0.2) is 0 Å². The molecule has 1 N–H and O–H groups in total. The van der Waals surface area contributed by atoms with E-state index < -0.39 is 0 Å². The molecule has 0 amide bonds. The van der Waals surface area contributed by atoms with Gasteiger partial charge in [0.05, 0.1) is 16.8 Å². The van der Waals surface area contributed by atoms with Crippen molar-refractivity contribution < 1.29 is 9.90 Å². The third-order valence-corrected chi connectivity index (χ3v) is 4.64. The molecule has 0 radical (unpaired) electrons. The van der Waals surface area contributed by atoms with E-state index in [0.29, 0.717) is 32.9 Å². The average molecular weight is 333 g/mol. The molecule has 4 nitrogen and oxygen atoms in total. The molecule has 0 fully saturated rings. The molecule has 5 rings (SSSR count). The van der Waals surface area contributed by atoms with E-state index in [0.717, 1.165) is 16.3 Å². The molecule has 4 aromatic rings. The van der Waals surface area contributed by atoms with Gasteiger partial charge in [-0.05, 0) is 35.7 Å². The van der Waals surface area contributed by atoms with Crippen LogP contribution in [0.15, 0.2) is 48.7 Å². The first-order valence-corrected chi connectivity index (χ1v) is 7.78. The lowest BCUT2D eigenvalue weighted by Gasteiger charge is -2.20. The number of phenolic OH excluding ortho intramolecular Hbond substituents is 1. The van der Waals surface area contributed by atoms with Gasteiger partial charge in [-0.15, -0.1) is 0 Å². The SMILES string of the molecule is O=C1c2cccc(O)c2-c2nc3ccc(Cl)cc3c3ccnc1c23. The van der Waals surface area contributed by atoms with E-state index >= 15 is 0 Å². The number of aromatic hydroxyl groups is 1. The van der Waals surface area contributed by atoms with Crippen LogP contribution in [0.25, 0.3) is 32.9 Å². The van der Waals surface area contributed by atoms with Crippen molar-refractivity contribution in [2.24, 2.45) is 0 Å². The summed E-state index contributed by atoms with van der Waals surface area (Å²) in [5, 5.41) is 13.3. The molecule has 24 heavy (non-hydrogen) atoms. The number of hydrogen-bond donors (Lipinski definition) is 1. The first-order chi connectivity index (χ1) is 11.6. The third-order valence-electron chi connectivity index (χ3n) is 4.41. The highest BCUT2D eigenvalue weighted by molar-refractivity contribution is 6.32.